The zero-order valence-electron chi connectivity index (χ0n) is 17.8. The van der Waals surface area contributed by atoms with Crippen molar-refractivity contribution in [1.29, 1.82) is 0 Å². The highest BCUT2D eigenvalue weighted by atomic mass is 35.5. The molecule has 0 aromatic heterocycles. The van der Waals surface area contributed by atoms with E-state index < -0.39 is 0 Å². The van der Waals surface area contributed by atoms with Gasteiger partial charge in [0, 0.05) is 35.5 Å². The van der Waals surface area contributed by atoms with E-state index in [2.05, 4.69) is 26.0 Å². The fourth-order valence-corrected chi connectivity index (χ4v) is 4.97. The maximum atomic E-state index is 12.9. The zero-order chi connectivity index (χ0) is 21.3. The van der Waals surface area contributed by atoms with Crippen molar-refractivity contribution in [2.24, 2.45) is 17.8 Å². The number of amides is 1. The summed E-state index contributed by atoms with van der Waals surface area (Å²) in [5.74, 6) is 1.36. The smallest absolute Gasteiger partial charge is 0.226 e. The number of rotatable bonds is 6. The van der Waals surface area contributed by atoms with Gasteiger partial charge in [-0.2, -0.15) is 0 Å². The summed E-state index contributed by atoms with van der Waals surface area (Å²) in [6, 6.07) is 15.9. The molecule has 1 aliphatic carbocycles. The van der Waals surface area contributed by atoms with E-state index in [9.17, 15) is 9.59 Å². The molecular formula is C26H30ClNO2. The number of carbonyl (C=O) groups excluding carboxylic acids is 2. The van der Waals surface area contributed by atoms with E-state index in [1.807, 2.05) is 41.3 Å². The van der Waals surface area contributed by atoms with Crippen LogP contribution in [0, 0.1) is 17.8 Å². The number of ketones is 1. The van der Waals surface area contributed by atoms with Crippen LogP contribution in [0.2, 0.25) is 5.02 Å². The van der Waals surface area contributed by atoms with Gasteiger partial charge < -0.3 is 4.90 Å². The first kappa shape index (κ1) is 21.1. The van der Waals surface area contributed by atoms with E-state index in [0.29, 0.717) is 19.0 Å². The minimum Gasteiger partial charge on any atom is -0.342 e. The Kier molecular flexibility index (Phi) is 6.29. The Morgan fingerprint density at radius 1 is 1.03 bits per heavy atom. The quantitative estimate of drug-likeness (QED) is 0.553. The molecule has 1 saturated heterocycles. The summed E-state index contributed by atoms with van der Waals surface area (Å²) in [5, 5.41) is 0.751. The monoisotopic (exact) mass is 423 g/mol. The lowest BCUT2D eigenvalue weighted by Crippen LogP contribution is -2.41. The second-order valence-corrected chi connectivity index (χ2v) is 9.64. The fraction of sp³-hybridized carbons (Fsp3) is 0.462. The van der Waals surface area contributed by atoms with E-state index in [1.54, 1.807) is 0 Å². The third-order valence-corrected chi connectivity index (χ3v) is 6.82. The van der Waals surface area contributed by atoms with Crippen LogP contribution in [-0.4, -0.2) is 29.7 Å². The summed E-state index contributed by atoms with van der Waals surface area (Å²) >= 11 is 6.30. The molecule has 0 spiro atoms. The molecule has 1 aliphatic heterocycles. The largest absolute Gasteiger partial charge is 0.342 e. The number of likely N-dealkylation sites (tertiary alicyclic amines) is 1. The van der Waals surface area contributed by atoms with Gasteiger partial charge >= 0.3 is 0 Å². The molecular weight excluding hydrogens is 394 g/mol. The molecule has 0 radical (unpaired) electrons. The Balaban J connectivity index is 1.30. The maximum absolute atomic E-state index is 12.9. The van der Waals surface area contributed by atoms with Gasteiger partial charge in [0.15, 0.2) is 5.78 Å². The van der Waals surface area contributed by atoms with Gasteiger partial charge in [-0.25, -0.2) is 0 Å². The van der Waals surface area contributed by atoms with E-state index in [-0.39, 0.29) is 29.4 Å². The Morgan fingerprint density at radius 3 is 2.33 bits per heavy atom. The first-order valence-corrected chi connectivity index (χ1v) is 11.5. The van der Waals surface area contributed by atoms with Gasteiger partial charge in [-0.15, -0.1) is 0 Å². The molecule has 158 valence electrons. The summed E-state index contributed by atoms with van der Waals surface area (Å²) in [5.41, 5.74) is 3.16. The number of carbonyl (C=O) groups is 2. The van der Waals surface area contributed by atoms with Crippen molar-refractivity contribution in [2.75, 3.05) is 13.1 Å². The minimum atomic E-state index is 0.0172. The average Bonchev–Trinajstić information content (AvgIpc) is 3.54. The van der Waals surface area contributed by atoms with Crippen molar-refractivity contribution in [3.05, 3.63) is 70.2 Å². The predicted molar refractivity (Wildman–Crippen MR) is 121 cm³/mol. The summed E-state index contributed by atoms with van der Waals surface area (Å²) in [7, 11) is 0. The second kappa shape index (κ2) is 8.93. The van der Waals surface area contributed by atoms with E-state index in [4.69, 9.17) is 11.6 Å². The molecule has 2 aliphatic rings. The molecule has 2 aromatic carbocycles. The Hall–Kier alpha value is -2.13. The number of Topliss-reactive ketones (excluding diaryl/α,β-unsaturated/α-hetero) is 1. The van der Waals surface area contributed by atoms with Gasteiger partial charge in [-0.1, -0.05) is 67.9 Å². The van der Waals surface area contributed by atoms with Crippen molar-refractivity contribution in [1.82, 2.24) is 4.90 Å². The Bertz CT molecular complexity index is 913. The predicted octanol–water partition coefficient (Wildman–Crippen LogP) is 5.76. The van der Waals surface area contributed by atoms with E-state index >= 15 is 0 Å². The highest BCUT2D eigenvalue weighted by Gasteiger charge is 2.47. The maximum Gasteiger partial charge on any atom is 0.226 e. The number of halogens is 1. The summed E-state index contributed by atoms with van der Waals surface area (Å²) in [4.78, 5) is 27.8. The summed E-state index contributed by atoms with van der Waals surface area (Å²) in [6.07, 6.45) is 3.42. The normalized spacial score (nSPS) is 21.7. The van der Waals surface area contributed by atoms with E-state index in [0.717, 1.165) is 41.8 Å². The van der Waals surface area contributed by atoms with Gasteiger partial charge in [-0.05, 0) is 54.7 Å². The number of nitrogens with zero attached hydrogens (tertiary/aromatic N) is 1. The van der Waals surface area contributed by atoms with Crippen LogP contribution in [0.25, 0.3) is 0 Å². The fourth-order valence-electron chi connectivity index (χ4n) is 4.70. The zero-order valence-corrected chi connectivity index (χ0v) is 18.6. The molecule has 0 bridgehead atoms. The number of hydrogen-bond donors (Lipinski definition) is 0. The molecule has 3 nitrogen and oxygen atoms in total. The van der Waals surface area contributed by atoms with Crippen LogP contribution in [-0.2, 0) is 11.2 Å². The Labute approximate surface area is 184 Å². The third kappa shape index (κ3) is 4.62. The lowest BCUT2D eigenvalue weighted by atomic mass is 9.88. The molecule has 1 heterocycles. The van der Waals surface area contributed by atoms with Crippen molar-refractivity contribution in [3.8, 4) is 0 Å². The van der Waals surface area contributed by atoms with Crippen LogP contribution < -0.4 is 0 Å². The topological polar surface area (TPSA) is 37.4 Å². The van der Waals surface area contributed by atoms with Crippen molar-refractivity contribution in [3.63, 3.8) is 0 Å². The first-order chi connectivity index (χ1) is 14.4. The van der Waals surface area contributed by atoms with Crippen LogP contribution in [0.4, 0.5) is 0 Å². The molecule has 2 fully saturated rings. The third-order valence-electron chi connectivity index (χ3n) is 6.47. The number of benzene rings is 2. The average molecular weight is 424 g/mol. The summed E-state index contributed by atoms with van der Waals surface area (Å²) in [6.45, 7) is 5.75. The lowest BCUT2D eigenvalue weighted by molar-refractivity contribution is -0.133. The molecule has 1 saturated carbocycles. The molecule has 4 rings (SSSR count). The number of piperidine rings is 1. The molecule has 2 unspecified atom stereocenters. The number of hydrogen-bond acceptors (Lipinski definition) is 2. The lowest BCUT2D eigenvalue weighted by Gasteiger charge is -2.31. The van der Waals surface area contributed by atoms with Crippen molar-refractivity contribution < 1.29 is 9.59 Å². The molecule has 2 aromatic rings. The van der Waals surface area contributed by atoms with Crippen molar-refractivity contribution >= 4 is 23.3 Å². The molecule has 4 heteroatoms. The highest BCUT2D eigenvalue weighted by molar-refractivity contribution is 6.31. The SMILES string of the molecule is CC(C)Cc1ccc(C(=O)C2CCN(C(=O)C3CC3c3ccccc3Cl)CC2)cc1. The van der Waals surface area contributed by atoms with Gasteiger partial charge in [0.05, 0.1) is 0 Å². The minimum absolute atomic E-state index is 0.0172. The summed E-state index contributed by atoms with van der Waals surface area (Å²) < 4.78 is 0. The molecule has 1 amide bonds. The molecule has 0 N–H and O–H groups in total. The first-order valence-electron chi connectivity index (χ1n) is 11.1. The standard InChI is InChI=1S/C26H30ClNO2/c1-17(2)15-18-7-9-19(10-8-18)25(29)20-11-13-28(14-12-20)26(30)23-16-22(23)21-5-3-4-6-24(21)27/h3-10,17,20,22-23H,11-16H2,1-2H3. The van der Waals surface area contributed by atoms with Gasteiger partial charge in [0.1, 0.15) is 0 Å². The van der Waals surface area contributed by atoms with Crippen LogP contribution >= 0.6 is 11.6 Å². The highest BCUT2D eigenvalue weighted by Crippen LogP contribution is 2.50. The second-order valence-electron chi connectivity index (χ2n) is 9.23. The van der Waals surface area contributed by atoms with E-state index in [1.165, 1.54) is 5.56 Å². The van der Waals surface area contributed by atoms with Crippen LogP contribution in [0.15, 0.2) is 48.5 Å². The van der Waals surface area contributed by atoms with Crippen molar-refractivity contribution in [2.45, 2.75) is 45.4 Å². The molecule has 2 atom stereocenters. The van der Waals surface area contributed by atoms with Crippen LogP contribution in [0.5, 0.6) is 0 Å². The Morgan fingerprint density at radius 2 is 1.70 bits per heavy atom. The van der Waals surface area contributed by atoms with Gasteiger partial charge in [0.25, 0.3) is 0 Å². The van der Waals surface area contributed by atoms with Crippen LogP contribution in [0.3, 0.4) is 0 Å². The van der Waals surface area contributed by atoms with Gasteiger partial charge in [-0.3, -0.25) is 9.59 Å². The molecule has 30 heavy (non-hydrogen) atoms. The van der Waals surface area contributed by atoms with Crippen LogP contribution in [0.1, 0.15) is 60.5 Å². The van der Waals surface area contributed by atoms with Gasteiger partial charge in [0.2, 0.25) is 5.91 Å².